The Hall–Kier alpha value is -2.74. The zero-order valence-corrected chi connectivity index (χ0v) is 14.6. The average Bonchev–Trinajstić information content (AvgIpc) is 2.63. The number of hydrogen-bond acceptors (Lipinski definition) is 2. The van der Waals surface area contributed by atoms with Crippen LogP contribution in [0.2, 0.25) is 0 Å². The Morgan fingerprint density at radius 2 is 1.58 bits per heavy atom. The molecule has 3 aromatic rings. The van der Waals surface area contributed by atoms with E-state index in [1.807, 2.05) is 43.5 Å². The second kappa shape index (κ2) is 9.41. The van der Waals surface area contributed by atoms with Crippen LogP contribution in [0.3, 0.4) is 0 Å². The van der Waals surface area contributed by atoms with Crippen LogP contribution in [0.4, 0.5) is 0 Å². The SMILES string of the molecule is CC/C=C\c1ccccc1C.Cc1ccc(-c2ccccn2)nc1. The van der Waals surface area contributed by atoms with Crippen LogP contribution in [0.25, 0.3) is 17.5 Å². The molecule has 0 fully saturated rings. The fraction of sp³-hybridized carbons (Fsp3) is 0.182. The summed E-state index contributed by atoms with van der Waals surface area (Å²) in [5.41, 5.74) is 5.68. The summed E-state index contributed by atoms with van der Waals surface area (Å²) < 4.78 is 0. The molecule has 24 heavy (non-hydrogen) atoms. The molecule has 1 aromatic carbocycles. The maximum Gasteiger partial charge on any atom is 0.0886 e. The predicted molar refractivity (Wildman–Crippen MR) is 103 cm³/mol. The molecule has 0 aliphatic carbocycles. The number of nitrogens with zero attached hydrogens (tertiary/aromatic N) is 2. The molecule has 0 atom stereocenters. The molecule has 0 bridgehead atoms. The van der Waals surface area contributed by atoms with Gasteiger partial charge in [-0.15, -0.1) is 0 Å². The molecule has 0 spiro atoms. The molecule has 0 amide bonds. The molecule has 2 heterocycles. The van der Waals surface area contributed by atoms with Crippen LogP contribution in [0.15, 0.2) is 73.1 Å². The van der Waals surface area contributed by atoms with Gasteiger partial charge in [-0.1, -0.05) is 55.5 Å². The number of aryl methyl sites for hydroxylation is 2. The van der Waals surface area contributed by atoms with Crippen LogP contribution in [0, 0.1) is 13.8 Å². The third-order valence-electron chi connectivity index (χ3n) is 3.56. The van der Waals surface area contributed by atoms with Gasteiger partial charge in [0, 0.05) is 12.4 Å². The lowest BCUT2D eigenvalue weighted by molar-refractivity contribution is 1.22. The summed E-state index contributed by atoms with van der Waals surface area (Å²) in [7, 11) is 0. The highest BCUT2D eigenvalue weighted by Crippen LogP contribution is 2.12. The van der Waals surface area contributed by atoms with Crippen molar-refractivity contribution in [3.8, 4) is 11.4 Å². The highest BCUT2D eigenvalue weighted by Gasteiger charge is 1.97. The van der Waals surface area contributed by atoms with E-state index < -0.39 is 0 Å². The lowest BCUT2D eigenvalue weighted by Crippen LogP contribution is -1.85. The van der Waals surface area contributed by atoms with Crippen LogP contribution in [-0.2, 0) is 0 Å². The molecule has 0 aliphatic rings. The molecule has 0 N–H and O–H groups in total. The molecular weight excluding hydrogens is 292 g/mol. The fourth-order valence-electron chi connectivity index (χ4n) is 2.15. The van der Waals surface area contributed by atoms with Gasteiger partial charge in [-0.2, -0.15) is 0 Å². The Kier molecular flexibility index (Phi) is 6.91. The summed E-state index contributed by atoms with van der Waals surface area (Å²) in [4.78, 5) is 8.50. The Bertz CT molecular complexity index is 759. The monoisotopic (exact) mass is 316 g/mol. The fourth-order valence-corrected chi connectivity index (χ4v) is 2.15. The summed E-state index contributed by atoms with van der Waals surface area (Å²) in [6.07, 6.45) is 9.09. The van der Waals surface area contributed by atoms with Gasteiger partial charge in [0.2, 0.25) is 0 Å². The minimum atomic E-state index is 0.919. The normalized spacial score (nSPS) is 10.3. The summed E-state index contributed by atoms with van der Waals surface area (Å²) >= 11 is 0. The third kappa shape index (κ3) is 5.47. The van der Waals surface area contributed by atoms with Crippen molar-refractivity contribution in [1.29, 1.82) is 0 Å². The molecule has 0 saturated carbocycles. The predicted octanol–water partition coefficient (Wildman–Crippen LogP) is 5.87. The van der Waals surface area contributed by atoms with E-state index in [0.717, 1.165) is 17.8 Å². The van der Waals surface area contributed by atoms with E-state index >= 15 is 0 Å². The highest BCUT2D eigenvalue weighted by atomic mass is 14.8. The first-order valence-corrected chi connectivity index (χ1v) is 8.27. The molecule has 0 saturated heterocycles. The molecule has 0 aliphatic heterocycles. The van der Waals surface area contributed by atoms with Gasteiger partial charge in [0.25, 0.3) is 0 Å². The van der Waals surface area contributed by atoms with Gasteiger partial charge in [0.05, 0.1) is 11.4 Å². The minimum absolute atomic E-state index is 0.919. The first kappa shape index (κ1) is 17.6. The maximum atomic E-state index is 4.29. The van der Waals surface area contributed by atoms with E-state index in [9.17, 15) is 0 Å². The first-order valence-electron chi connectivity index (χ1n) is 8.27. The largest absolute Gasteiger partial charge is 0.255 e. The van der Waals surface area contributed by atoms with Crippen LogP contribution in [0.5, 0.6) is 0 Å². The van der Waals surface area contributed by atoms with Gasteiger partial charge in [-0.05, 0) is 55.2 Å². The van der Waals surface area contributed by atoms with E-state index in [-0.39, 0.29) is 0 Å². The van der Waals surface area contributed by atoms with Crippen LogP contribution in [0.1, 0.15) is 30.0 Å². The Labute approximate surface area is 144 Å². The van der Waals surface area contributed by atoms with Crippen molar-refractivity contribution in [2.75, 3.05) is 0 Å². The van der Waals surface area contributed by atoms with E-state index in [1.54, 1.807) is 6.20 Å². The number of hydrogen-bond donors (Lipinski definition) is 0. The minimum Gasteiger partial charge on any atom is -0.255 e. The van der Waals surface area contributed by atoms with Gasteiger partial charge in [0.15, 0.2) is 0 Å². The molecule has 3 rings (SSSR count). The Morgan fingerprint density at radius 3 is 2.21 bits per heavy atom. The first-order chi connectivity index (χ1) is 11.7. The molecule has 2 aromatic heterocycles. The van der Waals surface area contributed by atoms with Gasteiger partial charge in [-0.25, -0.2) is 0 Å². The lowest BCUT2D eigenvalue weighted by Gasteiger charge is -1.98. The second-order valence-electron chi connectivity index (χ2n) is 5.60. The molecule has 122 valence electrons. The van der Waals surface area contributed by atoms with Crippen molar-refractivity contribution in [3.05, 3.63) is 89.8 Å². The highest BCUT2D eigenvalue weighted by molar-refractivity contribution is 5.53. The summed E-state index contributed by atoms with van der Waals surface area (Å²) in [5, 5.41) is 0. The van der Waals surface area contributed by atoms with E-state index in [0.29, 0.717) is 0 Å². The van der Waals surface area contributed by atoms with Crippen molar-refractivity contribution in [1.82, 2.24) is 9.97 Å². The molecule has 2 heteroatoms. The summed E-state index contributed by atoms with van der Waals surface area (Å²) in [6.45, 7) is 6.30. The molecule has 0 radical (unpaired) electrons. The van der Waals surface area contributed by atoms with Crippen molar-refractivity contribution in [2.24, 2.45) is 0 Å². The average molecular weight is 316 g/mol. The summed E-state index contributed by atoms with van der Waals surface area (Å²) in [5.74, 6) is 0. The van der Waals surface area contributed by atoms with E-state index in [4.69, 9.17) is 0 Å². The van der Waals surface area contributed by atoms with Crippen molar-refractivity contribution >= 4 is 6.08 Å². The number of aromatic nitrogens is 2. The van der Waals surface area contributed by atoms with E-state index in [2.05, 4.69) is 60.2 Å². The molecular formula is C22H24N2. The number of pyridine rings is 2. The smallest absolute Gasteiger partial charge is 0.0886 e. The van der Waals surface area contributed by atoms with Crippen molar-refractivity contribution in [2.45, 2.75) is 27.2 Å². The summed E-state index contributed by atoms with van der Waals surface area (Å²) in [6, 6.07) is 18.3. The topological polar surface area (TPSA) is 25.8 Å². The number of rotatable bonds is 3. The van der Waals surface area contributed by atoms with Gasteiger partial charge < -0.3 is 0 Å². The molecule has 2 nitrogen and oxygen atoms in total. The lowest BCUT2D eigenvalue weighted by atomic mass is 10.1. The Balaban J connectivity index is 0.000000177. The zero-order valence-electron chi connectivity index (χ0n) is 14.6. The van der Waals surface area contributed by atoms with Gasteiger partial charge in [0.1, 0.15) is 0 Å². The van der Waals surface area contributed by atoms with Crippen LogP contribution >= 0.6 is 0 Å². The van der Waals surface area contributed by atoms with Gasteiger partial charge >= 0.3 is 0 Å². The second-order valence-corrected chi connectivity index (χ2v) is 5.60. The van der Waals surface area contributed by atoms with Crippen LogP contribution in [-0.4, -0.2) is 9.97 Å². The zero-order chi connectivity index (χ0) is 17.2. The van der Waals surface area contributed by atoms with E-state index in [1.165, 1.54) is 16.7 Å². The quantitative estimate of drug-likeness (QED) is 0.604. The molecule has 0 unspecified atom stereocenters. The third-order valence-corrected chi connectivity index (χ3v) is 3.56. The standard InChI is InChI=1S/C11H10N2.C11H14/c1-9-5-6-11(13-8-9)10-4-2-3-7-12-10;1-3-4-8-11-9-6-5-7-10(11)2/h2-8H,1H3;4-9H,3H2,1-2H3/b;8-4-. The van der Waals surface area contributed by atoms with Crippen molar-refractivity contribution < 1.29 is 0 Å². The number of allylic oxidation sites excluding steroid dienone is 1. The number of benzene rings is 1. The van der Waals surface area contributed by atoms with Crippen molar-refractivity contribution in [3.63, 3.8) is 0 Å². The Morgan fingerprint density at radius 1 is 0.833 bits per heavy atom. The van der Waals surface area contributed by atoms with Crippen LogP contribution < -0.4 is 0 Å². The van der Waals surface area contributed by atoms with Gasteiger partial charge in [-0.3, -0.25) is 9.97 Å². The maximum absolute atomic E-state index is 4.29.